The van der Waals surface area contributed by atoms with Gasteiger partial charge in [0.15, 0.2) is 11.5 Å². The number of rotatable bonds is 5. The minimum absolute atomic E-state index is 0.0302. The Morgan fingerprint density at radius 1 is 1.07 bits per heavy atom. The van der Waals surface area contributed by atoms with E-state index in [1.807, 2.05) is 6.07 Å². The van der Waals surface area contributed by atoms with Crippen molar-refractivity contribution in [2.45, 2.75) is 19.3 Å². The normalized spacial score (nSPS) is 12.8. The van der Waals surface area contributed by atoms with Gasteiger partial charge >= 0.3 is 12.0 Å². The number of carbonyl (C=O) groups excluding carboxylic acids is 1. The van der Waals surface area contributed by atoms with Gasteiger partial charge in [0, 0.05) is 30.7 Å². The maximum Gasteiger partial charge on any atom is 0.323 e. The van der Waals surface area contributed by atoms with Gasteiger partial charge in [-0.2, -0.15) is 0 Å². The number of carbonyl (C=O) groups is 2. The number of carboxylic acid groups (broad SMARTS) is 1. The number of aliphatic carboxylic acids is 1. The molecule has 27 heavy (non-hydrogen) atoms. The number of carboxylic acids is 1. The Hall–Kier alpha value is -2.93. The Morgan fingerprint density at radius 2 is 1.81 bits per heavy atom. The summed E-state index contributed by atoms with van der Waals surface area (Å²) in [6.07, 6.45) is 1.19. The fourth-order valence-electron chi connectivity index (χ4n) is 2.62. The zero-order chi connectivity index (χ0) is 19.2. The lowest BCUT2D eigenvalue weighted by Gasteiger charge is -2.13. The van der Waals surface area contributed by atoms with Gasteiger partial charge in [0.05, 0.1) is 23.9 Å². The molecule has 0 radical (unpaired) electrons. The van der Waals surface area contributed by atoms with Crippen LogP contribution in [0.25, 0.3) is 0 Å². The van der Waals surface area contributed by atoms with Gasteiger partial charge in [0.1, 0.15) is 0 Å². The third-order valence-electron chi connectivity index (χ3n) is 3.90. The zero-order valence-electron chi connectivity index (χ0n) is 14.5. The first kappa shape index (κ1) is 18.8. The number of benzene rings is 2. The number of amides is 2. The summed E-state index contributed by atoms with van der Waals surface area (Å²) in [6, 6.07) is 9.80. The molecule has 1 aliphatic heterocycles. The minimum Gasteiger partial charge on any atom is -0.490 e. The molecule has 7 nitrogen and oxygen atoms in total. The highest BCUT2D eigenvalue weighted by Crippen LogP contribution is 2.37. The molecule has 0 fully saturated rings. The highest BCUT2D eigenvalue weighted by Gasteiger charge is 2.15. The zero-order valence-corrected chi connectivity index (χ0v) is 15.2. The van der Waals surface area contributed by atoms with E-state index < -0.39 is 12.0 Å². The lowest BCUT2D eigenvalue weighted by molar-refractivity contribution is -0.136. The van der Waals surface area contributed by atoms with E-state index >= 15 is 0 Å². The summed E-state index contributed by atoms with van der Waals surface area (Å²) in [5.41, 5.74) is 1.78. The summed E-state index contributed by atoms with van der Waals surface area (Å²) in [5.74, 6) is 0.215. The second-order valence-corrected chi connectivity index (χ2v) is 6.41. The molecule has 0 unspecified atom stereocenters. The van der Waals surface area contributed by atoms with E-state index in [1.165, 1.54) is 0 Å². The number of fused-ring (bicyclic) bond motifs is 1. The van der Waals surface area contributed by atoms with Crippen LogP contribution in [0.2, 0.25) is 5.02 Å². The molecule has 2 amide bonds. The first-order chi connectivity index (χ1) is 13.0. The van der Waals surface area contributed by atoms with Crippen LogP contribution in [0.3, 0.4) is 0 Å². The van der Waals surface area contributed by atoms with Crippen molar-refractivity contribution in [1.29, 1.82) is 0 Å². The molecule has 8 heteroatoms. The molecule has 0 spiro atoms. The summed E-state index contributed by atoms with van der Waals surface area (Å²) in [6.45, 7) is 1.08. The third-order valence-corrected chi connectivity index (χ3v) is 4.21. The average Bonchev–Trinajstić information content (AvgIpc) is 2.85. The summed E-state index contributed by atoms with van der Waals surface area (Å²) in [4.78, 5) is 23.0. The van der Waals surface area contributed by atoms with Gasteiger partial charge in [-0.15, -0.1) is 0 Å². The molecule has 3 rings (SSSR count). The highest BCUT2D eigenvalue weighted by atomic mass is 35.5. The standard InChI is InChI=1S/C19H19ClN2O5/c20-14-10-16-17(27-8-2-7-26-16)11-15(14)22-19(25)21-13-4-1-3-12(9-13)5-6-18(23)24/h1,3-4,9-11H,2,5-8H2,(H,23,24)(H2,21,22,25). The fraction of sp³-hybridized carbons (Fsp3) is 0.263. The van der Waals surface area contributed by atoms with Gasteiger partial charge in [-0.25, -0.2) is 4.79 Å². The van der Waals surface area contributed by atoms with Crippen LogP contribution in [0.15, 0.2) is 36.4 Å². The molecular weight excluding hydrogens is 372 g/mol. The summed E-state index contributed by atoms with van der Waals surface area (Å²) >= 11 is 6.22. The molecule has 0 aliphatic carbocycles. The number of hydrogen-bond acceptors (Lipinski definition) is 4. The fourth-order valence-corrected chi connectivity index (χ4v) is 2.82. The molecule has 0 saturated carbocycles. The van der Waals surface area contributed by atoms with E-state index in [9.17, 15) is 9.59 Å². The Labute approximate surface area is 161 Å². The molecule has 0 saturated heterocycles. The molecule has 1 heterocycles. The van der Waals surface area contributed by atoms with Gasteiger partial charge in [-0.3, -0.25) is 4.79 Å². The van der Waals surface area contributed by atoms with Crippen LogP contribution in [-0.4, -0.2) is 30.3 Å². The van der Waals surface area contributed by atoms with Crippen LogP contribution in [-0.2, 0) is 11.2 Å². The second-order valence-electron chi connectivity index (χ2n) is 6.00. The molecule has 2 aromatic carbocycles. The number of aryl methyl sites for hydroxylation is 1. The molecule has 142 valence electrons. The molecule has 2 aromatic rings. The lowest BCUT2D eigenvalue weighted by atomic mass is 10.1. The van der Waals surface area contributed by atoms with Gasteiger partial charge < -0.3 is 25.2 Å². The van der Waals surface area contributed by atoms with E-state index in [0.29, 0.717) is 47.5 Å². The number of ether oxygens (including phenoxy) is 2. The molecule has 0 aromatic heterocycles. The summed E-state index contributed by atoms with van der Waals surface area (Å²) in [7, 11) is 0. The lowest BCUT2D eigenvalue weighted by Crippen LogP contribution is -2.19. The number of nitrogens with one attached hydrogen (secondary N) is 2. The number of halogens is 1. The second kappa shape index (κ2) is 8.64. The smallest absolute Gasteiger partial charge is 0.323 e. The van der Waals surface area contributed by atoms with Crippen LogP contribution in [0.1, 0.15) is 18.4 Å². The minimum atomic E-state index is -0.866. The molecule has 0 bridgehead atoms. The van der Waals surface area contributed by atoms with Crippen LogP contribution >= 0.6 is 11.6 Å². The maximum absolute atomic E-state index is 12.3. The number of hydrogen-bond donors (Lipinski definition) is 3. The van der Waals surface area contributed by atoms with E-state index in [0.717, 1.165) is 12.0 Å². The van der Waals surface area contributed by atoms with Crippen molar-refractivity contribution in [3.05, 3.63) is 47.0 Å². The SMILES string of the molecule is O=C(O)CCc1cccc(NC(=O)Nc2cc3c(cc2Cl)OCCCO3)c1. The van der Waals surface area contributed by atoms with Crippen LogP contribution in [0.5, 0.6) is 11.5 Å². The van der Waals surface area contributed by atoms with Crippen LogP contribution < -0.4 is 20.1 Å². The van der Waals surface area contributed by atoms with E-state index in [-0.39, 0.29) is 6.42 Å². The third kappa shape index (κ3) is 5.27. The van der Waals surface area contributed by atoms with Crippen LogP contribution in [0.4, 0.5) is 16.2 Å². The molecule has 1 aliphatic rings. The van der Waals surface area contributed by atoms with E-state index in [4.69, 9.17) is 26.2 Å². The van der Waals surface area contributed by atoms with Crippen molar-refractivity contribution in [3.8, 4) is 11.5 Å². The van der Waals surface area contributed by atoms with Gasteiger partial charge in [-0.1, -0.05) is 23.7 Å². The van der Waals surface area contributed by atoms with Crippen molar-refractivity contribution in [2.75, 3.05) is 23.8 Å². The van der Waals surface area contributed by atoms with Crippen molar-refractivity contribution in [1.82, 2.24) is 0 Å². The van der Waals surface area contributed by atoms with Crippen molar-refractivity contribution < 1.29 is 24.2 Å². The van der Waals surface area contributed by atoms with Gasteiger partial charge in [0.25, 0.3) is 0 Å². The Kier molecular flexibility index (Phi) is 6.03. The topological polar surface area (TPSA) is 96.9 Å². The Morgan fingerprint density at radius 3 is 2.56 bits per heavy atom. The van der Waals surface area contributed by atoms with Gasteiger partial charge in [-0.05, 0) is 24.1 Å². The number of anilines is 2. The van der Waals surface area contributed by atoms with Crippen LogP contribution in [0, 0.1) is 0 Å². The predicted molar refractivity (Wildman–Crippen MR) is 102 cm³/mol. The Bertz CT molecular complexity index is 856. The Balaban J connectivity index is 1.66. The maximum atomic E-state index is 12.3. The first-order valence-electron chi connectivity index (χ1n) is 8.49. The largest absolute Gasteiger partial charge is 0.490 e. The quantitative estimate of drug-likeness (QED) is 0.712. The average molecular weight is 391 g/mol. The van der Waals surface area contributed by atoms with Crippen molar-refractivity contribution in [3.63, 3.8) is 0 Å². The molecule has 0 atom stereocenters. The summed E-state index contributed by atoms with van der Waals surface area (Å²) < 4.78 is 11.2. The van der Waals surface area contributed by atoms with E-state index in [2.05, 4.69) is 10.6 Å². The monoisotopic (exact) mass is 390 g/mol. The molecule has 3 N–H and O–H groups in total. The molecular formula is C19H19ClN2O5. The van der Waals surface area contributed by atoms with E-state index in [1.54, 1.807) is 30.3 Å². The highest BCUT2D eigenvalue weighted by molar-refractivity contribution is 6.34. The predicted octanol–water partition coefficient (Wildman–Crippen LogP) is 4.16. The van der Waals surface area contributed by atoms with Crippen molar-refractivity contribution in [2.24, 2.45) is 0 Å². The van der Waals surface area contributed by atoms with Gasteiger partial charge in [0.2, 0.25) is 0 Å². The number of urea groups is 1. The van der Waals surface area contributed by atoms with Crippen molar-refractivity contribution >= 4 is 35.0 Å². The summed E-state index contributed by atoms with van der Waals surface area (Å²) in [5, 5.41) is 14.5. The first-order valence-corrected chi connectivity index (χ1v) is 8.87.